The maximum Gasteiger partial charge on any atom is 0.251 e. The van der Waals surface area contributed by atoms with E-state index in [1.807, 2.05) is 65.0 Å². The van der Waals surface area contributed by atoms with Gasteiger partial charge in [0, 0.05) is 5.69 Å². The number of nitrogens with one attached hydrogen (secondary N) is 1. The Hall–Kier alpha value is -2.99. The third-order valence-electron chi connectivity index (χ3n) is 5.65. The molecule has 0 saturated carbocycles. The molecule has 0 unspecified atom stereocenters. The van der Waals surface area contributed by atoms with E-state index in [4.69, 9.17) is 0 Å². The van der Waals surface area contributed by atoms with Crippen molar-refractivity contribution >= 4 is 29.1 Å². The second kappa shape index (κ2) is 8.40. The van der Waals surface area contributed by atoms with E-state index < -0.39 is 6.04 Å². The Morgan fingerprint density at radius 1 is 1.03 bits per heavy atom. The van der Waals surface area contributed by atoms with Crippen LogP contribution in [0, 0.1) is 34.6 Å². The van der Waals surface area contributed by atoms with Gasteiger partial charge >= 0.3 is 0 Å². The number of aryl methyl sites for hydroxylation is 5. The highest BCUT2D eigenvalue weighted by Gasteiger charge is 2.42. The molecule has 3 rings (SSSR count). The number of rotatable bonds is 5. The summed E-state index contributed by atoms with van der Waals surface area (Å²) in [6.07, 6.45) is 0.0684. The molecule has 1 fully saturated rings. The van der Waals surface area contributed by atoms with E-state index in [0.29, 0.717) is 5.69 Å². The lowest BCUT2D eigenvalue weighted by Crippen LogP contribution is -2.43. The fourth-order valence-electron chi connectivity index (χ4n) is 4.25. The Labute approximate surface area is 177 Å². The topological polar surface area (TPSA) is 69.7 Å². The third-order valence-corrected chi connectivity index (χ3v) is 5.65. The minimum Gasteiger partial charge on any atom is -0.324 e. The van der Waals surface area contributed by atoms with Gasteiger partial charge in [0.05, 0.1) is 24.7 Å². The van der Waals surface area contributed by atoms with E-state index in [-0.39, 0.29) is 30.7 Å². The fourth-order valence-corrected chi connectivity index (χ4v) is 4.25. The molecule has 6 nitrogen and oxygen atoms in total. The van der Waals surface area contributed by atoms with Crippen LogP contribution in [0.5, 0.6) is 0 Å². The van der Waals surface area contributed by atoms with E-state index >= 15 is 0 Å². The van der Waals surface area contributed by atoms with Gasteiger partial charge < -0.3 is 5.32 Å². The highest BCUT2D eigenvalue weighted by atomic mass is 16.2. The van der Waals surface area contributed by atoms with Gasteiger partial charge in [0.25, 0.3) is 5.91 Å². The predicted molar refractivity (Wildman–Crippen MR) is 119 cm³/mol. The molecule has 1 aliphatic heterocycles. The molecule has 0 bridgehead atoms. The van der Waals surface area contributed by atoms with Gasteiger partial charge in [-0.1, -0.05) is 35.9 Å². The lowest BCUT2D eigenvalue weighted by atomic mass is 10.1. The van der Waals surface area contributed by atoms with Crippen molar-refractivity contribution in [2.75, 3.05) is 23.8 Å². The molecule has 2 aromatic rings. The fraction of sp³-hybridized carbons (Fsp3) is 0.375. The standard InChI is InChI=1S/C24H29N3O3/c1-14-10-17(4)22(18(5)11-14)25-20(28)13-26(6)19-12-21(29)27(24(19)30)23-15(2)8-7-9-16(23)3/h7-11,19H,12-13H2,1-6H3,(H,25,28)/t19-/m1/s1. The van der Waals surface area contributed by atoms with Gasteiger partial charge in [0.1, 0.15) is 0 Å². The third kappa shape index (κ3) is 4.14. The first-order valence-corrected chi connectivity index (χ1v) is 10.1. The summed E-state index contributed by atoms with van der Waals surface area (Å²) >= 11 is 0. The zero-order valence-corrected chi connectivity index (χ0v) is 18.5. The number of anilines is 2. The maximum atomic E-state index is 13.1. The van der Waals surface area contributed by atoms with Crippen LogP contribution in [0.4, 0.5) is 11.4 Å². The minimum absolute atomic E-state index is 0.0248. The molecule has 0 aliphatic carbocycles. The van der Waals surface area contributed by atoms with Crippen molar-refractivity contribution < 1.29 is 14.4 Å². The van der Waals surface area contributed by atoms with Crippen LogP contribution in [0.15, 0.2) is 30.3 Å². The highest BCUT2D eigenvalue weighted by molar-refractivity contribution is 6.23. The Kier molecular flexibility index (Phi) is 6.08. The van der Waals surface area contributed by atoms with Gasteiger partial charge in [-0.05, 0) is 63.9 Å². The first-order chi connectivity index (χ1) is 14.1. The molecule has 1 atom stereocenters. The van der Waals surface area contributed by atoms with E-state index in [2.05, 4.69) is 5.32 Å². The number of para-hydroxylation sites is 1. The summed E-state index contributed by atoms with van der Waals surface area (Å²) in [5, 5.41) is 2.96. The van der Waals surface area contributed by atoms with Crippen LogP contribution in [0.1, 0.15) is 34.2 Å². The monoisotopic (exact) mass is 407 g/mol. The Bertz CT molecular complexity index is 985. The van der Waals surface area contributed by atoms with Crippen molar-refractivity contribution in [1.29, 1.82) is 0 Å². The van der Waals surface area contributed by atoms with Crippen molar-refractivity contribution in [3.8, 4) is 0 Å². The normalized spacial score (nSPS) is 16.5. The van der Waals surface area contributed by atoms with Crippen LogP contribution in [-0.4, -0.2) is 42.3 Å². The summed E-state index contributed by atoms with van der Waals surface area (Å²) in [6.45, 7) is 9.74. The number of hydrogen-bond donors (Lipinski definition) is 1. The number of likely N-dealkylation sites (N-methyl/N-ethyl adjacent to an activating group) is 1. The first kappa shape index (κ1) is 21.7. The molecular formula is C24H29N3O3. The van der Waals surface area contributed by atoms with E-state index in [1.165, 1.54) is 4.90 Å². The number of hydrogen-bond acceptors (Lipinski definition) is 4. The second-order valence-electron chi connectivity index (χ2n) is 8.26. The van der Waals surface area contributed by atoms with Gasteiger partial charge in [-0.3, -0.25) is 19.3 Å². The molecule has 1 N–H and O–H groups in total. The molecule has 158 valence electrons. The average Bonchev–Trinajstić information content (AvgIpc) is 2.93. The zero-order chi connectivity index (χ0) is 22.2. The molecular weight excluding hydrogens is 378 g/mol. The SMILES string of the molecule is Cc1cc(C)c(NC(=O)CN(C)[C@@H]2CC(=O)N(c3c(C)cccc3C)C2=O)c(C)c1. The largest absolute Gasteiger partial charge is 0.324 e. The zero-order valence-electron chi connectivity index (χ0n) is 18.5. The summed E-state index contributed by atoms with van der Waals surface area (Å²) in [5.74, 6) is -0.728. The predicted octanol–water partition coefficient (Wildman–Crippen LogP) is 3.43. The summed E-state index contributed by atoms with van der Waals surface area (Å²) in [5.41, 5.74) is 6.34. The number of carbonyl (C=O) groups excluding carboxylic acids is 3. The summed E-state index contributed by atoms with van der Waals surface area (Å²) in [4.78, 5) is 41.3. The quantitative estimate of drug-likeness (QED) is 0.771. The second-order valence-corrected chi connectivity index (χ2v) is 8.26. The van der Waals surface area contributed by atoms with Crippen molar-refractivity contribution in [3.63, 3.8) is 0 Å². The number of imide groups is 1. The van der Waals surface area contributed by atoms with E-state index in [9.17, 15) is 14.4 Å². The molecule has 1 heterocycles. The number of amides is 3. The van der Waals surface area contributed by atoms with Crippen molar-refractivity contribution in [2.45, 2.75) is 47.1 Å². The van der Waals surface area contributed by atoms with Gasteiger partial charge in [0.2, 0.25) is 11.8 Å². The summed E-state index contributed by atoms with van der Waals surface area (Å²) in [6, 6.07) is 9.07. The summed E-state index contributed by atoms with van der Waals surface area (Å²) < 4.78 is 0. The van der Waals surface area contributed by atoms with E-state index in [1.54, 1.807) is 11.9 Å². The molecule has 0 aromatic heterocycles. The van der Waals surface area contributed by atoms with Gasteiger partial charge in [-0.2, -0.15) is 0 Å². The Morgan fingerprint density at radius 3 is 2.17 bits per heavy atom. The minimum atomic E-state index is -0.650. The van der Waals surface area contributed by atoms with Crippen molar-refractivity contribution in [2.24, 2.45) is 0 Å². The lowest BCUT2D eigenvalue weighted by molar-refractivity contribution is -0.123. The van der Waals surface area contributed by atoms with E-state index in [0.717, 1.165) is 33.5 Å². The maximum absolute atomic E-state index is 13.1. The summed E-state index contributed by atoms with van der Waals surface area (Å²) in [7, 11) is 1.71. The smallest absolute Gasteiger partial charge is 0.251 e. The molecule has 6 heteroatoms. The van der Waals surface area contributed by atoms with Gasteiger partial charge in [-0.15, -0.1) is 0 Å². The van der Waals surface area contributed by atoms with Crippen LogP contribution >= 0.6 is 0 Å². The van der Waals surface area contributed by atoms with Gasteiger partial charge in [-0.25, -0.2) is 4.90 Å². The Balaban J connectivity index is 1.73. The molecule has 30 heavy (non-hydrogen) atoms. The highest BCUT2D eigenvalue weighted by Crippen LogP contribution is 2.31. The Morgan fingerprint density at radius 2 is 1.60 bits per heavy atom. The van der Waals surface area contributed by atoms with Crippen LogP contribution < -0.4 is 10.2 Å². The molecule has 2 aromatic carbocycles. The number of benzene rings is 2. The molecule has 1 aliphatic rings. The number of carbonyl (C=O) groups is 3. The molecule has 1 saturated heterocycles. The van der Waals surface area contributed by atoms with Crippen LogP contribution in [-0.2, 0) is 14.4 Å². The first-order valence-electron chi connectivity index (χ1n) is 10.1. The van der Waals surface area contributed by atoms with Crippen LogP contribution in [0.3, 0.4) is 0 Å². The van der Waals surface area contributed by atoms with Gasteiger partial charge in [0.15, 0.2) is 0 Å². The number of nitrogens with zero attached hydrogens (tertiary/aromatic N) is 2. The van der Waals surface area contributed by atoms with Crippen LogP contribution in [0.25, 0.3) is 0 Å². The average molecular weight is 408 g/mol. The van der Waals surface area contributed by atoms with Crippen LogP contribution in [0.2, 0.25) is 0 Å². The lowest BCUT2D eigenvalue weighted by Gasteiger charge is -2.24. The van der Waals surface area contributed by atoms with Crippen molar-refractivity contribution in [1.82, 2.24) is 4.90 Å². The molecule has 0 spiro atoms. The van der Waals surface area contributed by atoms with Crippen molar-refractivity contribution in [3.05, 3.63) is 58.1 Å². The molecule has 0 radical (unpaired) electrons. The molecule has 3 amide bonds.